The fourth-order valence-corrected chi connectivity index (χ4v) is 4.37. The summed E-state index contributed by atoms with van der Waals surface area (Å²) in [6.07, 6.45) is 7.07. The van der Waals surface area contributed by atoms with Gasteiger partial charge in [-0.3, -0.25) is 15.1 Å². The molecule has 6 aromatic rings. The fraction of sp³-hybridized carbons (Fsp3) is 0.148. The third-order valence-electron chi connectivity index (χ3n) is 6.05. The highest BCUT2D eigenvalue weighted by molar-refractivity contribution is 5.95. The maximum Gasteiger partial charge on any atom is 0.161 e. The topological polar surface area (TPSA) is 108 Å². The van der Waals surface area contributed by atoms with Crippen LogP contribution in [0.4, 0.5) is 4.39 Å². The normalized spacial score (nSPS) is 11.5. The van der Waals surface area contributed by atoms with Crippen LogP contribution in [0.2, 0.25) is 0 Å². The van der Waals surface area contributed by atoms with E-state index in [-0.39, 0.29) is 5.82 Å². The molecule has 3 N–H and O–H groups in total. The monoisotopic (exact) mass is 478 g/mol. The van der Waals surface area contributed by atoms with E-state index in [0.717, 1.165) is 57.6 Å². The molecule has 0 aliphatic carbocycles. The van der Waals surface area contributed by atoms with Gasteiger partial charge in [0.15, 0.2) is 11.5 Å². The second-order valence-corrected chi connectivity index (χ2v) is 8.71. The molecule has 0 bridgehead atoms. The van der Waals surface area contributed by atoms with Crippen molar-refractivity contribution in [1.82, 2.24) is 40.4 Å². The number of imidazole rings is 1. The molecule has 0 unspecified atom stereocenters. The maximum atomic E-state index is 14.1. The molecule has 6 rings (SSSR count). The molecule has 0 fully saturated rings. The fourth-order valence-electron chi connectivity index (χ4n) is 4.37. The van der Waals surface area contributed by atoms with Crippen molar-refractivity contribution < 1.29 is 4.39 Å². The van der Waals surface area contributed by atoms with Crippen molar-refractivity contribution in [3.63, 3.8) is 0 Å². The summed E-state index contributed by atoms with van der Waals surface area (Å²) < 4.78 is 14.1. The Bertz CT molecular complexity index is 1700. The van der Waals surface area contributed by atoms with Gasteiger partial charge >= 0.3 is 0 Å². The van der Waals surface area contributed by atoms with Crippen LogP contribution in [0.1, 0.15) is 18.1 Å². The lowest BCUT2D eigenvalue weighted by molar-refractivity contribution is 0.627. The molecule has 36 heavy (non-hydrogen) atoms. The molecule has 0 atom stereocenters. The summed E-state index contributed by atoms with van der Waals surface area (Å²) in [7, 11) is 0. The molecular weight excluding hydrogens is 455 g/mol. The molecule has 0 aliphatic heterocycles. The quantitative estimate of drug-likeness (QED) is 0.304. The summed E-state index contributed by atoms with van der Waals surface area (Å²) in [5, 5.41) is 10.9. The zero-order chi connectivity index (χ0) is 24.6. The Balaban J connectivity index is 1.44. The number of hydrogen-bond donors (Lipinski definition) is 3. The number of nitrogens with one attached hydrogen (secondary N) is 3. The molecule has 178 valence electrons. The minimum absolute atomic E-state index is 0.295. The zero-order valence-corrected chi connectivity index (χ0v) is 19.8. The van der Waals surface area contributed by atoms with Crippen molar-refractivity contribution in [2.24, 2.45) is 0 Å². The first-order chi connectivity index (χ1) is 17.6. The molecule has 0 amide bonds. The van der Waals surface area contributed by atoms with Gasteiger partial charge in [-0.1, -0.05) is 13.0 Å². The highest BCUT2D eigenvalue weighted by Crippen LogP contribution is 2.32. The first-order valence-corrected chi connectivity index (χ1v) is 11.7. The number of fused-ring (bicyclic) bond motifs is 2. The van der Waals surface area contributed by atoms with E-state index in [9.17, 15) is 4.39 Å². The van der Waals surface area contributed by atoms with Gasteiger partial charge in [-0.15, -0.1) is 0 Å². The number of H-pyrrole nitrogens is 2. The molecule has 0 radical (unpaired) electrons. The molecule has 9 heteroatoms. The van der Waals surface area contributed by atoms with Crippen molar-refractivity contribution in [3.05, 3.63) is 78.1 Å². The summed E-state index contributed by atoms with van der Waals surface area (Å²) in [6.45, 7) is 5.57. The number of pyridine rings is 3. The van der Waals surface area contributed by atoms with Gasteiger partial charge in [-0.2, -0.15) is 5.10 Å². The number of benzene rings is 1. The highest BCUT2D eigenvalue weighted by atomic mass is 19.1. The highest BCUT2D eigenvalue weighted by Gasteiger charge is 2.17. The van der Waals surface area contributed by atoms with Crippen LogP contribution >= 0.6 is 0 Å². The van der Waals surface area contributed by atoms with E-state index >= 15 is 0 Å². The van der Waals surface area contributed by atoms with Crippen molar-refractivity contribution >= 4 is 22.1 Å². The summed E-state index contributed by atoms with van der Waals surface area (Å²) in [5.74, 6) is 0.263. The van der Waals surface area contributed by atoms with Crippen molar-refractivity contribution in [2.75, 3.05) is 6.54 Å². The van der Waals surface area contributed by atoms with Crippen LogP contribution in [0, 0.1) is 12.7 Å². The van der Waals surface area contributed by atoms with Gasteiger partial charge in [0.05, 0.1) is 28.4 Å². The number of hydrogen-bond acceptors (Lipinski definition) is 6. The van der Waals surface area contributed by atoms with Gasteiger partial charge in [0.2, 0.25) is 0 Å². The van der Waals surface area contributed by atoms with Crippen LogP contribution in [0.15, 0.2) is 61.2 Å². The van der Waals surface area contributed by atoms with Gasteiger partial charge in [-0.25, -0.2) is 14.4 Å². The Morgan fingerprint density at radius 2 is 1.78 bits per heavy atom. The minimum atomic E-state index is -0.295. The Morgan fingerprint density at radius 1 is 0.889 bits per heavy atom. The van der Waals surface area contributed by atoms with E-state index in [1.54, 1.807) is 12.4 Å². The Labute approximate surface area is 206 Å². The predicted octanol–water partition coefficient (Wildman–Crippen LogP) is 5.18. The van der Waals surface area contributed by atoms with E-state index in [4.69, 9.17) is 9.97 Å². The maximum absolute atomic E-state index is 14.1. The number of aromatic nitrogens is 7. The smallest absolute Gasteiger partial charge is 0.161 e. The SMILES string of the molecule is CCNCc1cncc(-c2ccc3[nH]nc(-c4nc5c(-c6cc(C)cc(F)c6)cncc5[nH]4)c3n2)c1. The average Bonchev–Trinajstić information content (AvgIpc) is 3.50. The number of aryl methyl sites for hydroxylation is 1. The molecular formula is C27H23FN8. The lowest BCUT2D eigenvalue weighted by atomic mass is 10.0. The average molecular weight is 479 g/mol. The molecule has 0 spiro atoms. The standard InChI is InChI=1S/C27H23FN8/c1-3-29-10-16-8-18(12-30-11-16)21-4-5-22-25(32-21)26(36-35-22)27-33-23-14-31-13-20(24(23)34-27)17-6-15(2)7-19(28)9-17/h4-9,11-14,29H,3,10H2,1-2H3,(H,33,34)(H,35,36). The molecule has 0 saturated carbocycles. The van der Waals surface area contributed by atoms with Crippen molar-refractivity contribution in [2.45, 2.75) is 20.4 Å². The summed E-state index contributed by atoms with van der Waals surface area (Å²) in [5.41, 5.74) is 8.63. The number of halogens is 1. The Hall–Kier alpha value is -4.50. The molecule has 8 nitrogen and oxygen atoms in total. The number of nitrogens with zero attached hydrogens (tertiary/aromatic N) is 5. The molecule has 5 aromatic heterocycles. The van der Waals surface area contributed by atoms with Crippen molar-refractivity contribution in [3.8, 4) is 33.9 Å². The van der Waals surface area contributed by atoms with Crippen molar-refractivity contribution in [1.29, 1.82) is 0 Å². The minimum Gasteiger partial charge on any atom is -0.335 e. The van der Waals surface area contributed by atoms with Gasteiger partial charge in [-0.05, 0) is 60.5 Å². The van der Waals surface area contributed by atoms with Crippen LogP contribution in [0.25, 0.3) is 56.0 Å². The third-order valence-corrected chi connectivity index (χ3v) is 6.05. The Morgan fingerprint density at radius 3 is 2.64 bits per heavy atom. The number of aromatic amines is 2. The lowest BCUT2D eigenvalue weighted by Crippen LogP contribution is -2.11. The van der Waals surface area contributed by atoms with E-state index < -0.39 is 0 Å². The zero-order valence-electron chi connectivity index (χ0n) is 19.8. The lowest BCUT2D eigenvalue weighted by Gasteiger charge is -2.05. The summed E-state index contributed by atoms with van der Waals surface area (Å²) in [6, 6.07) is 10.9. The first kappa shape index (κ1) is 22.0. The predicted molar refractivity (Wildman–Crippen MR) is 138 cm³/mol. The van der Waals surface area contributed by atoms with E-state index in [2.05, 4.69) is 43.5 Å². The summed E-state index contributed by atoms with van der Waals surface area (Å²) in [4.78, 5) is 21.8. The van der Waals surface area contributed by atoms with Gasteiger partial charge in [0.25, 0.3) is 0 Å². The van der Waals surface area contributed by atoms with Gasteiger partial charge < -0.3 is 10.3 Å². The van der Waals surface area contributed by atoms with Crippen LogP contribution in [-0.2, 0) is 6.54 Å². The third kappa shape index (κ3) is 3.99. The van der Waals surface area contributed by atoms with Crippen LogP contribution in [0.5, 0.6) is 0 Å². The molecule has 5 heterocycles. The largest absolute Gasteiger partial charge is 0.335 e. The van der Waals surface area contributed by atoms with Crippen LogP contribution < -0.4 is 5.32 Å². The second kappa shape index (κ2) is 8.94. The van der Waals surface area contributed by atoms with E-state index in [0.29, 0.717) is 22.6 Å². The first-order valence-electron chi connectivity index (χ1n) is 11.7. The number of rotatable bonds is 6. The summed E-state index contributed by atoms with van der Waals surface area (Å²) >= 11 is 0. The second-order valence-electron chi connectivity index (χ2n) is 8.71. The molecule has 1 aromatic carbocycles. The van der Waals surface area contributed by atoms with Gasteiger partial charge in [0.1, 0.15) is 11.3 Å². The molecule has 0 aliphatic rings. The van der Waals surface area contributed by atoms with E-state index in [1.165, 1.54) is 12.1 Å². The Kier molecular flexibility index (Phi) is 5.46. The molecule has 0 saturated heterocycles. The van der Waals surface area contributed by atoms with Crippen LogP contribution in [-0.4, -0.2) is 41.7 Å². The van der Waals surface area contributed by atoms with Crippen LogP contribution in [0.3, 0.4) is 0 Å². The van der Waals surface area contributed by atoms with Gasteiger partial charge in [0, 0.05) is 36.3 Å². The van der Waals surface area contributed by atoms with E-state index in [1.807, 2.05) is 37.5 Å².